The number of rotatable bonds is 1. The van der Waals surface area contributed by atoms with Gasteiger partial charge in [0.15, 0.2) is 0 Å². The zero-order chi connectivity index (χ0) is 19.5. The number of carbonyl (C=O) groups is 3. The second-order valence-corrected chi connectivity index (χ2v) is 6.27. The highest BCUT2D eigenvalue weighted by molar-refractivity contribution is 5.94. The number of halogens is 3. The molecule has 0 radical (unpaired) electrons. The first-order valence-corrected chi connectivity index (χ1v) is 7.86. The van der Waals surface area contributed by atoms with Crippen LogP contribution in [0.15, 0.2) is 24.4 Å². The predicted octanol–water partition coefficient (Wildman–Crippen LogP) is 1.31. The van der Waals surface area contributed by atoms with Gasteiger partial charge in [0.25, 0.3) is 5.91 Å². The Morgan fingerprint density at radius 3 is 2.50 bits per heavy atom. The molecule has 2 aliphatic rings. The molecule has 10 heteroatoms. The Morgan fingerprint density at radius 2 is 2.04 bits per heavy atom. The van der Waals surface area contributed by atoms with Crippen LogP contribution in [0.25, 0.3) is 0 Å². The molecule has 0 saturated carbocycles. The van der Waals surface area contributed by atoms with Crippen molar-refractivity contribution in [1.82, 2.24) is 15.2 Å². The van der Waals surface area contributed by atoms with Crippen molar-refractivity contribution in [3.8, 4) is 0 Å². The van der Waals surface area contributed by atoms with E-state index in [0.29, 0.717) is 18.8 Å². The molecule has 7 nitrogen and oxygen atoms in total. The number of aliphatic carboxylic acids is 1. The lowest BCUT2D eigenvalue weighted by Crippen LogP contribution is -2.38. The van der Waals surface area contributed by atoms with Crippen LogP contribution >= 0.6 is 0 Å². The van der Waals surface area contributed by atoms with Gasteiger partial charge in [0.05, 0.1) is 5.41 Å². The Labute approximate surface area is 147 Å². The van der Waals surface area contributed by atoms with Crippen LogP contribution in [0.2, 0.25) is 0 Å². The fraction of sp³-hybridized carbons (Fsp3) is 0.500. The van der Waals surface area contributed by atoms with Gasteiger partial charge in [0.1, 0.15) is 5.69 Å². The standard InChI is InChI=1S/C14H17N3O2.C2HF3O2/c1-10-8-17(9-14(10)5-7-16-13(14)19)12(18)11-4-2-3-6-15-11;3-2(4,5)1(6)7/h2-4,6,10H,5,7-9H2,1H3,(H,16,19);(H,6,7)/t10-,14-;/m1./s1. The number of nitrogens with zero attached hydrogens (tertiary/aromatic N) is 2. The van der Waals surface area contributed by atoms with Crippen LogP contribution < -0.4 is 5.32 Å². The lowest BCUT2D eigenvalue weighted by atomic mass is 9.78. The monoisotopic (exact) mass is 373 g/mol. The molecule has 1 spiro atoms. The first-order valence-electron chi connectivity index (χ1n) is 7.86. The molecule has 142 valence electrons. The summed E-state index contributed by atoms with van der Waals surface area (Å²) in [5, 5.41) is 10.0. The van der Waals surface area contributed by atoms with Gasteiger partial charge in [-0.15, -0.1) is 0 Å². The van der Waals surface area contributed by atoms with Crippen molar-refractivity contribution in [3.63, 3.8) is 0 Å². The Bertz CT molecular complexity index is 696. The summed E-state index contributed by atoms with van der Waals surface area (Å²) in [6, 6.07) is 5.31. The average Bonchev–Trinajstić information content (AvgIpc) is 3.12. The summed E-state index contributed by atoms with van der Waals surface area (Å²) in [6.45, 7) is 3.91. The van der Waals surface area contributed by atoms with E-state index in [0.717, 1.165) is 13.0 Å². The number of amides is 2. The smallest absolute Gasteiger partial charge is 0.475 e. The Morgan fingerprint density at radius 1 is 1.38 bits per heavy atom. The fourth-order valence-electron chi connectivity index (χ4n) is 3.18. The minimum absolute atomic E-state index is 0.0796. The van der Waals surface area contributed by atoms with Crippen LogP contribution in [0.4, 0.5) is 13.2 Å². The van der Waals surface area contributed by atoms with E-state index in [1.165, 1.54) is 0 Å². The van der Waals surface area contributed by atoms with Crippen molar-refractivity contribution < 1.29 is 32.7 Å². The number of alkyl halides is 3. The van der Waals surface area contributed by atoms with Crippen LogP contribution in [-0.4, -0.2) is 58.6 Å². The minimum Gasteiger partial charge on any atom is -0.475 e. The van der Waals surface area contributed by atoms with Gasteiger partial charge in [-0.25, -0.2) is 4.79 Å². The largest absolute Gasteiger partial charge is 0.490 e. The van der Waals surface area contributed by atoms with E-state index in [9.17, 15) is 22.8 Å². The van der Waals surface area contributed by atoms with Gasteiger partial charge in [0, 0.05) is 25.8 Å². The number of hydrogen-bond donors (Lipinski definition) is 2. The molecule has 1 aromatic rings. The summed E-state index contributed by atoms with van der Waals surface area (Å²) in [4.78, 5) is 39.2. The molecular weight excluding hydrogens is 355 g/mol. The molecule has 3 heterocycles. The normalized spacial score (nSPS) is 24.8. The lowest BCUT2D eigenvalue weighted by molar-refractivity contribution is -0.192. The Balaban J connectivity index is 0.000000298. The van der Waals surface area contributed by atoms with Gasteiger partial charge < -0.3 is 15.3 Å². The van der Waals surface area contributed by atoms with E-state index in [1.807, 2.05) is 0 Å². The van der Waals surface area contributed by atoms with Crippen LogP contribution in [0.5, 0.6) is 0 Å². The van der Waals surface area contributed by atoms with Crippen LogP contribution in [-0.2, 0) is 9.59 Å². The minimum atomic E-state index is -5.08. The quantitative estimate of drug-likeness (QED) is 0.773. The zero-order valence-electron chi connectivity index (χ0n) is 13.9. The number of carboxylic acids is 1. The molecule has 2 fully saturated rings. The summed E-state index contributed by atoms with van der Waals surface area (Å²) in [7, 11) is 0. The third kappa shape index (κ3) is 3.94. The summed E-state index contributed by atoms with van der Waals surface area (Å²) >= 11 is 0. The first kappa shape index (κ1) is 19.7. The molecule has 26 heavy (non-hydrogen) atoms. The molecule has 0 aliphatic carbocycles. The highest BCUT2D eigenvalue weighted by Crippen LogP contribution is 2.41. The number of carboxylic acid groups (broad SMARTS) is 1. The van der Waals surface area contributed by atoms with Gasteiger partial charge in [-0.3, -0.25) is 14.6 Å². The van der Waals surface area contributed by atoms with E-state index in [2.05, 4.69) is 17.2 Å². The summed E-state index contributed by atoms with van der Waals surface area (Å²) in [5.74, 6) is -2.55. The van der Waals surface area contributed by atoms with Crippen molar-refractivity contribution in [3.05, 3.63) is 30.1 Å². The third-order valence-electron chi connectivity index (χ3n) is 4.63. The van der Waals surface area contributed by atoms with Crippen LogP contribution in [0.1, 0.15) is 23.8 Å². The predicted molar refractivity (Wildman–Crippen MR) is 83.1 cm³/mol. The first-order chi connectivity index (χ1) is 12.1. The highest BCUT2D eigenvalue weighted by Gasteiger charge is 2.53. The van der Waals surface area contributed by atoms with Gasteiger partial charge in [0.2, 0.25) is 5.91 Å². The third-order valence-corrected chi connectivity index (χ3v) is 4.63. The molecule has 2 N–H and O–H groups in total. The highest BCUT2D eigenvalue weighted by atomic mass is 19.4. The van der Waals surface area contributed by atoms with Gasteiger partial charge in [-0.05, 0) is 24.5 Å². The fourth-order valence-corrected chi connectivity index (χ4v) is 3.18. The van der Waals surface area contributed by atoms with Crippen molar-refractivity contribution in [2.24, 2.45) is 11.3 Å². The second kappa shape index (κ2) is 7.30. The molecule has 3 rings (SSSR count). The Hall–Kier alpha value is -2.65. The van der Waals surface area contributed by atoms with Crippen molar-refractivity contribution in [2.75, 3.05) is 19.6 Å². The number of carbonyl (C=O) groups excluding carboxylic acids is 2. The lowest BCUT2D eigenvalue weighted by Gasteiger charge is -2.23. The van der Waals surface area contributed by atoms with Gasteiger partial charge in [-0.2, -0.15) is 13.2 Å². The maximum absolute atomic E-state index is 12.4. The summed E-state index contributed by atoms with van der Waals surface area (Å²) in [6.07, 6.45) is -2.65. The topological polar surface area (TPSA) is 99.6 Å². The SMILES string of the molecule is C[C@@H]1CN(C(=O)c2ccccn2)C[C@]12CCNC2=O.O=C(O)C(F)(F)F. The number of hydrogen-bond acceptors (Lipinski definition) is 4. The molecule has 0 aromatic carbocycles. The molecule has 2 saturated heterocycles. The van der Waals surface area contributed by atoms with Crippen molar-refractivity contribution in [2.45, 2.75) is 19.5 Å². The number of aromatic nitrogens is 1. The molecule has 1 aromatic heterocycles. The number of likely N-dealkylation sites (tertiary alicyclic amines) is 1. The molecule has 0 unspecified atom stereocenters. The van der Waals surface area contributed by atoms with Crippen LogP contribution in [0.3, 0.4) is 0 Å². The molecule has 2 aliphatic heterocycles. The van der Waals surface area contributed by atoms with E-state index < -0.39 is 12.1 Å². The second-order valence-electron chi connectivity index (χ2n) is 6.27. The van der Waals surface area contributed by atoms with E-state index in [-0.39, 0.29) is 23.1 Å². The van der Waals surface area contributed by atoms with Crippen LogP contribution in [0, 0.1) is 11.3 Å². The van der Waals surface area contributed by atoms with E-state index in [1.54, 1.807) is 29.3 Å². The molecular formula is C16H18F3N3O4. The zero-order valence-corrected chi connectivity index (χ0v) is 13.9. The van der Waals surface area contributed by atoms with Gasteiger partial charge >= 0.3 is 12.1 Å². The molecule has 2 amide bonds. The Kier molecular flexibility index (Phi) is 5.53. The maximum Gasteiger partial charge on any atom is 0.490 e. The molecule has 2 atom stereocenters. The maximum atomic E-state index is 12.4. The van der Waals surface area contributed by atoms with Crippen molar-refractivity contribution >= 4 is 17.8 Å². The van der Waals surface area contributed by atoms with Crippen molar-refractivity contribution in [1.29, 1.82) is 0 Å². The number of pyridine rings is 1. The van der Waals surface area contributed by atoms with E-state index in [4.69, 9.17) is 9.90 Å². The summed E-state index contributed by atoms with van der Waals surface area (Å²) in [5.41, 5.74) is 0.0647. The van der Waals surface area contributed by atoms with E-state index >= 15 is 0 Å². The summed E-state index contributed by atoms with van der Waals surface area (Å²) < 4.78 is 31.7. The number of nitrogens with one attached hydrogen (secondary N) is 1. The average molecular weight is 373 g/mol. The molecule has 0 bridgehead atoms. The van der Waals surface area contributed by atoms with Gasteiger partial charge in [-0.1, -0.05) is 13.0 Å².